The van der Waals surface area contributed by atoms with Crippen LogP contribution in [0.3, 0.4) is 0 Å². The molecule has 0 saturated carbocycles. The van der Waals surface area contributed by atoms with Gasteiger partial charge in [0.1, 0.15) is 6.04 Å². The van der Waals surface area contributed by atoms with Crippen LogP contribution in [0.2, 0.25) is 10.0 Å². The first kappa shape index (κ1) is 14.1. The third kappa shape index (κ3) is 2.83. The number of nitrogens with zero attached hydrogens (tertiary/aromatic N) is 1. The van der Waals surface area contributed by atoms with E-state index in [2.05, 4.69) is 0 Å². The predicted molar refractivity (Wildman–Crippen MR) is 69.5 cm³/mol. The van der Waals surface area contributed by atoms with Crippen LogP contribution in [0.5, 0.6) is 0 Å². The van der Waals surface area contributed by atoms with Crippen molar-refractivity contribution in [2.24, 2.45) is 0 Å². The molecule has 0 bridgehead atoms. The van der Waals surface area contributed by atoms with Gasteiger partial charge in [-0.1, -0.05) is 23.2 Å². The third-order valence-corrected chi connectivity index (χ3v) is 3.73. The van der Waals surface area contributed by atoms with Crippen LogP contribution in [0.4, 0.5) is 0 Å². The summed E-state index contributed by atoms with van der Waals surface area (Å²) in [7, 11) is 0. The number of amides is 1. The number of aliphatic carboxylic acids is 1. The molecule has 2 N–H and O–H groups in total. The molecule has 1 saturated heterocycles. The second kappa shape index (κ2) is 5.36. The highest BCUT2D eigenvalue weighted by atomic mass is 35.5. The summed E-state index contributed by atoms with van der Waals surface area (Å²) in [6.45, 7) is -0.00392. The number of benzene rings is 1. The van der Waals surface area contributed by atoms with E-state index in [9.17, 15) is 14.7 Å². The van der Waals surface area contributed by atoms with Gasteiger partial charge in [-0.25, -0.2) is 4.79 Å². The highest BCUT2D eigenvalue weighted by molar-refractivity contribution is 6.42. The molecular formula is C12H11Cl2NO4. The maximum absolute atomic E-state index is 12.2. The lowest BCUT2D eigenvalue weighted by Crippen LogP contribution is -2.40. The number of halogens is 2. The van der Waals surface area contributed by atoms with Crippen molar-refractivity contribution < 1.29 is 19.8 Å². The topological polar surface area (TPSA) is 77.8 Å². The van der Waals surface area contributed by atoms with Gasteiger partial charge in [0, 0.05) is 18.5 Å². The summed E-state index contributed by atoms with van der Waals surface area (Å²) in [5.41, 5.74) is 0.245. The van der Waals surface area contributed by atoms with E-state index in [1.54, 1.807) is 0 Å². The zero-order valence-corrected chi connectivity index (χ0v) is 11.2. The molecule has 19 heavy (non-hydrogen) atoms. The van der Waals surface area contributed by atoms with Gasteiger partial charge in [0.05, 0.1) is 16.1 Å². The molecule has 1 amide bonds. The quantitative estimate of drug-likeness (QED) is 0.871. The Labute approximate surface area is 119 Å². The van der Waals surface area contributed by atoms with Crippen molar-refractivity contribution in [1.29, 1.82) is 0 Å². The average Bonchev–Trinajstić information content (AvgIpc) is 2.74. The first-order valence-corrected chi connectivity index (χ1v) is 6.32. The van der Waals surface area contributed by atoms with Gasteiger partial charge in [-0.05, 0) is 18.2 Å². The summed E-state index contributed by atoms with van der Waals surface area (Å²) < 4.78 is 0. The van der Waals surface area contributed by atoms with Crippen LogP contribution in [0.1, 0.15) is 16.8 Å². The van der Waals surface area contributed by atoms with Crippen LogP contribution in [0, 0.1) is 0 Å². The molecular weight excluding hydrogens is 293 g/mol. The lowest BCUT2D eigenvalue weighted by Gasteiger charge is -2.21. The largest absolute Gasteiger partial charge is 0.480 e. The number of carboxylic acid groups (broad SMARTS) is 1. The van der Waals surface area contributed by atoms with Crippen LogP contribution in [0.25, 0.3) is 0 Å². The van der Waals surface area contributed by atoms with Crippen molar-refractivity contribution in [3.8, 4) is 0 Å². The predicted octanol–water partition coefficient (Wildman–Crippen LogP) is 1.65. The summed E-state index contributed by atoms with van der Waals surface area (Å²) in [6, 6.07) is 3.31. The van der Waals surface area contributed by atoms with Gasteiger partial charge in [0.2, 0.25) is 0 Å². The highest BCUT2D eigenvalue weighted by Crippen LogP contribution is 2.26. The summed E-state index contributed by atoms with van der Waals surface area (Å²) in [5.74, 6) is -1.62. The van der Waals surface area contributed by atoms with Gasteiger partial charge in [0.15, 0.2) is 0 Å². The standard InChI is InChI=1S/C12H11Cl2NO4/c13-8-2-1-6(3-9(8)14)11(17)15-5-7(16)4-10(15)12(18)19/h1-3,7,10,16H,4-5H2,(H,18,19)/t7-,10-/m0/s1. The molecule has 1 fully saturated rings. The van der Waals surface area contributed by atoms with E-state index in [0.717, 1.165) is 4.90 Å². The Balaban J connectivity index is 2.27. The molecule has 1 aromatic rings. The van der Waals surface area contributed by atoms with Crippen LogP contribution in [-0.2, 0) is 4.79 Å². The number of aliphatic hydroxyl groups excluding tert-OH is 1. The molecule has 0 unspecified atom stereocenters. The van der Waals surface area contributed by atoms with Gasteiger partial charge in [-0.2, -0.15) is 0 Å². The minimum absolute atomic E-state index is 0.00392. The lowest BCUT2D eigenvalue weighted by atomic mass is 10.1. The SMILES string of the molecule is O=C(O)[C@@H]1C[C@H](O)CN1C(=O)c1ccc(Cl)c(Cl)c1. The van der Waals surface area contributed by atoms with E-state index < -0.39 is 24.0 Å². The van der Waals surface area contributed by atoms with Crippen molar-refractivity contribution in [1.82, 2.24) is 4.90 Å². The van der Waals surface area contributed by atoms with Gasteiger partial charge in [0.25, 0.3) is 5.91 Å². The number of carboxylic acids is 1. The number of carbonyl (C=O) groups is 2. The Morgan fingerprint density at radius 1 is 1.26 bits per heavy atom. The summed E-state index contributed by atoms with van der Waals surface area (Å²) in [5, 5.41) is 19.1. The van der Waals surface area contributed by atoms with Crippen LogP contribution >= 0.6 is 23.2 Å². The molecule has 2 rings (SSSR count). The summed E-state index contributed by atoms with van der Waals surface area (Å²) in [4.78, 5) is 24.4. The van der Waals surface area contributed by atoms with Crippen molar-refractivity contribution in [2.75, 3.05) is 6.54 Å². The molecule has 0 spiro atoms. The molecule has 102 valence electrons. The molecule has 1 aliphatic heterocycles. The van der Waals surface area contributed by atoms with Crippen molar-refractivity contribution in [3.05, 3.63) is 33.8 Å². The molecule has 0 radical (unpaired) electrons. The molecule has 1 aliphatic rings. The Hall–Kier alpha value is -1.30. The molecule has 0 aromatic heterocycles. The Bertz CT molecular complexity index is 534. The fourth-order valence-electron chi connectivity index (χ4n) is 2.07. The van der Waals surface area contributed by atoms with Crippen molar-refractivity contribution >= 4 is 35.1 Å². The average molecular weight is 304 g/mol. The number of likely N-dealkylation sites (tertiary alicyclic amines) is 1. The van der Waals surface area contributed by atoms with Gasteiger partial charge < -0.3 is 15.1 Å². The first-order valence-electron chi connectivity index (χ1n) is 5.57. The molecule has 0 aliphatic carbocycles. The van der Waals surface area contributed by atoms with E-state index in [1.807, 2.05) is 0 Å². The minimum atomic E-state index is -1.13. The van der Waals surface area contributed by atoms with Gasteiger partial charge in [-0.3, -0.25) is 4.79 Å². The Kier molecular flexibility index (Phi) is 3.99. The van der Waals surface area contributed by atoms with Crippen molar-refractivity contribution in [3.63, 3.8) is 0 Å². The van der Waals surface area contributed by atoms with Crippen LogP contribution < -0.4 is 0 Å². The van der Waals surface area contributed by atoms with Crippen LogP contribution in [0.15, 0.2) is 18.2 Å². The number of β-amino-alcohol motifs (C(OH)–C–C–N with tert-alkyl or cyclic N) is 1. The van der Waals surface area contributed by atoms with Crippen molar-refractivity contribution in [2.45, 2.75) is 18.6 Å². The zero-order chi connectivity index (χ0) is 14.2. The monoisotopic (exact) mass is 303 g/mol. The molecule has 1 heterocycles. The maximum atomic E-state index is 12.2. The lowest BCUT2D eigenvalue weighted by molar-refractivity contribution is -0.141. The normalized spacial score (nSPS) is 22.6. The molecule has 7 heteroatoms. The number of hydrogen-bond donors (Lipinski definition) is 2. The first-order chi connectivity index (χ1) is 8.90. The maximum Gasteiger partial charge on any atom is 0.326 e. The second-order valence-corrected chi connectivity index (χ2v) is 5.14. The summed E-state index contributed by atoms with van der Waals surface area (Å²) >= 11 is 11.6. The number of rotatable bonds is 2. The number of aliphatic hydroxyl groups is 1. The Morgan fingerprint density at radius 2 is 1.95 bits per heavy atom. The zero-order valence-electron chi connectivity index (χ0n) is 9.72. The van der Waals surface area contributed by atoms with E-state index in [4.69, 9.17) is 28.3 Å². The van der Waals surface area contributed by atoms with Gasteiger partial charge >= 0.3 is 5.97 Å². The molecule has 5 nitrogen and oxygen atoms in total. The van der Waals surface area contributed by atoms with E-state index >= 15 is 0 Å². The molecule has 1 aromatic carbocycles. The number of hydrogen-bond acceptors (Lipinski definition) is 3. The Morgan fingerprint density at radius 3 is 2.53 bits per heavy atom. The van der Waals surface area contributed by atoms with E-state index in [0.29, 0.717) is 5.02 Å². The smallest absolute Gasteiger partial charge is 0.326 e. The fourth-order valence-corrected chi connectivity index (χ4v) is 2.37. The van der Waals surface area contributed by atoms with E-state index in [-0.39, 0.29) is 23.6 Å². The number of carbonyl (C=O) groups excluding carboxylic acids is 1. The summed E-state index contributed by atoms with van der Waals surface area (Å²) in [6.07, 6.45) is -0.796. The highest BCUT2D eigenvalue weighted by Gasteiger charge is 2.39. The minimum Gasteiger partial charge on any atom is -0.480 e. The third-order valence-electron chi connectivity index (χ3n) is 2.99. The fraction of sp³-hybridized carbons (Fsp3) is 0.333. The second-order valence-electron chi connectivity index (χ2n) is 4.33. The van der Waals surface area contributed by atoms with Gasteiger partial charge in [-0.15, -0.1) is 0 Å². The van der Waals surface area contributed by atoms with E-state index in [1.165, 1.54) is 18.2 Å². The van der Waals surface area contributed by atoms with Crippen LogP contribution in [-0.4, -0.2) is 45.7 Å². The molecule has 2 atom stereocenters.